The first-order valence-electron chi connectivity index (χ1n) is 8.44. The lowest BCUT2D eigenvalue weighted by Crippen LogP contribution is -2.28. The first kappa shape index (κ1) is 15.6. The van der Waals surface area contributed by atoms with Gasteiger partial charge in [0.2, 0.25) is 0 Å². The van der Waals surface area contributed by atoms with Crippen molar-refractivity contribution in [2.75, 3.05) is 5.32 Å². The molecule has 3 atom stereocenters. The predicted molar refractivity (Wildman–Crippen MR) is 94.8 cm³/mol. The highest BCUT2D eigenvalue weighted by Gasteiger charge is 2.33. The van der Waals surface area contributed by atoms with E-state index in [9.17, 15) is 10.4 Å². The third kappa shape index (κ3) is 3.06. The molecular formula is C19H19N5O. The molecule has 1 unspecified atom stereocenters. The summed E-state index contributed by atoms with van der Waals surface area (Å²) in [5, 5.41) is 28.5. The van der Waals surface area contributed by atoms with Crippen LogP contribution in [0.3, 0.4) is 0 Å². The summed E-state index contributed by atoms with van der Waals surface area (Å²) in [5.41, 5.74) is 2.10. The molecule has 0 amide bonds. The molecule has 126 valence electrons. The first-order valence-corrected chi connectivity index (χ1v) is 8.44. The Kier molecular flexibility index (Phi) is 4.08. The highest BCUT2D eigenvalue weighted by molar-refractivity contribution is 5.94. The zero-order chi connectivity index (χ0) is 17.2. The van der Waals surface area contributed by atoms with Crippen molar-refractivity contribution in [2.24, 2.45) is 5.92 Å². The molecule has 6 heteroatoms. The summed E-state index contributed by atoms with van der Waals surface area (Å²) >= 11 is 0. The van der Waals surface area contributed by atoms with Crippen LogP contribution in [0.25, 0.3) is 10.9 Å². The van der Waals surface area contributed by atoms with Crippen LogP contribution < -0.4 is 5.32 Å². The van der Waals surface area contributed by atoms with Crippen molar-refractivity contribution in [3.8, 4) is 6.07 Å². The highest BCUT2D eigenvalue weighted by atomic mass is 16.3. The number of hydrogen-bond donors (Lipinski definition) is 2. The van der Waals surface area contributed by atoms with E-state index in [2.05, 4.69) is 21.5 Å². The summed E-state index contributed by atoms with van der Waals surface area (Å²) in [6.45, 7) is 0.796. The van der Waals surface area contributed by atoms with Crippen LogP contribution in [0.4, 0.5) is 5.69 Å². The number of aromatic nitrogens is 3. The molecule has 4 rings (SSSR count). The van der Waals surface area contributed by atoms with Gasteiger partial charge in [-0.25, -0.2) is 0 Å². The van der Waals surface area contributed by atoms with E-state index in [1.807, 2.05) is 41.2 Å². The summed E-state index contributed by atoms with van der Waals surface area (Å²) < 4.78 is 1.91. The minimum Gasteiger partial charge on any atom is -0.391 e. The molecule has 1 aliphatic rings. The molecule has 25 heavy (non-hydrogen) atoms. The number of fused-ring (bicyclic) bond motifs is 1. The van der Waals surface area contributed by atoms with Crippen molar-refractivity contribution in [3.05, 3.63) is 54.5 Å². The Morgan fingerprint density at radius 1 is 1.28 bits per heavy atom. The van der Waals surface area contributed by atoms with Crippen LogP contribution in [0.2, 0.25) is 0 Å². The maximum absolute atomic E-state index is 10.5. The van der Waals surface area contributed by atoms with E-state index >= 15 is 0 Å². The van der Waals surface area contributed by atoms with Gasteiger partial charge in [0.25, 0.3) is 0 Å². The van der Waals surface area contributed by atoms with Crippen molar-refractivity contribution in [1.82, 2.24) is 14.8 Å². The van der Waals surface area contributed by atoms with E-state index < -0.39 is 6.10 Å². The lowest BCUT2D eigenvalue weighted by molar-refractivity contribution is 0.166. The third-order valence-corrected chi connectivity index (χ3v) is 4.86. The van der Waals surface area contributed by atoms with Crippen LogP contribution in [0, 0.1) is 17.2 Å². The fourth-order valence-electron chi connectivity index (χ4n) is 3.66. The summed E-state index contributed by atoms with van der Waals surface area (Å²) in [5.74, 6) is 0.353. The van der Waals surface area contributed by atoms with E-state index in [-0.39, 0.29) is 6.04 Å². The fourth-order valence-corrected chi connectivity index (χ4v) is 3.66. The van der Waals surface area contributed by atoms with Gasteiger partial charge in [-0.2, -0.15) is 10.4 Å². The molecule has 3 aromatic rings. The highest BCUT2D eigenvalue weighted by Crippen LogP contribution is 2.33. The lowest BCUT2D eigenvalue weighted by atomic mass is 10.1. The average molecular weight is 333 g/mol. The zero-order valence-corrected chi connectivity index (χ0v) is 13.7. The van der Waals surface area contributed by atoms with Gasteiger partial charge in [0.1, 0.15) is 6.07 Å². The molecule has 1 aliphatic carbocycles. The van der Waals surface area contributed by atoms with Crippen LogP contribution in [-0.2, 0) is 6.54 Å². The van der Waals surface area contributed by atoms with Crippen LogP contribution >= 0.6 is 0 Å². The molecule has 2 N–H and O–H groups in total. The van der Waals surface area contributed by atoms with Gasteiger partial charge in [-0.3, -0.25) is 9.67 Å². The molecule has 0 aliphatic heterocycles. The van der Waals surface area contributed by atoms with Gasteiger partial charge in [-0.05, 0) is 30.9 Å². The second-order valence-electron chi connectivity index (χ2n) is 6.56. The molecular weight excluding hydrogens is 314 g/mol. The number of para-hydroxylation sites is 1. The molecule has 0 bridgehead atoms. The molecule has 1 saturated carbocycles. The van der Waals surface area contributed by atoms with E-state index in [0.29, 0.717) is 11.5 Å². The Bertz CT molecular complexity index is 915. The minimum atomic E-state index is -0.445. The molecule has 0 radical (unpaired) electrons. The molecule has 0 saturated heterocycles. The summed E-state index contributed by atoms with van der Waals surface area (Å²) in [6.07, 6.45) is 6.41. The van der Waals surface area contributed by atoms with E-state index in [0.717, 1.165) is 36.0 Å². The van der Waals surface area contributed by atoms with Crippen LogP contribution in [0.1, 0.15) is 18.4 Å². The number of hydrogen-bond acceptors (Lipinski definition) is 5. The number of nitrogens with zero attached hydrogens (tertiary/aromatic N) is 4. The van der Waals surface area contributed by atoms with Gasteiger partial charge in [0.15, 0.2) is 0 Å². The molecule has 1 fully saturated rings. The second-order valence-corrected chi connectivity index (χ2v) is 6.56. The van der Waals surface area contributed by atoms with Gasteiger partial charge >= 0.3 is 0 Å². The number of rotatable bonds is 4. The van der Waals surface area contributed by atoms with Crippen molar-refractivity contribution in [1.29, 1.82) is 5.26 Å². The molecule has 0 spiro atoms. The zero-order valence-electron chi connectivity index (χ0n) is 13.7. The van der Waals surface area contributed by atoms with Crippen molar-refractivity contribution in [2.45, 2.75) is 31.5 Å². The quantitative estimate of drug-likeness (QED) is 0.766. The van der Waals surface area contributed by atoms with E-state index in [1.165, 1.54) is 0 Å². The second kappa shape index (κ2) is 6.54. The Balaban J connectivity index is 1.58. The number of anilines is 1. The predicted octanol–water partition coefficient (Wildman–Crippen LogP) is 2.55. The lowest BCUT2D eigenvalue weighted by Gasteiger charge is -2.20. The topological polar surface area (TPSA) is 86.8 Å². The summed E-state index contributed by atoms with van der Waals surface area (Å²) in [6, 6.07) is 11.8. The molecule has 6 nitrogen and oxygen atoms in total. The average Bonchev–Trinajstić information content (AvgIpc) is 3.25. The standard InChI is InChI=1S/C19H19N5O/c20-10-14-11-21-16-5-2-1-4-15(16)19(14)23-17-8-13(9-18(17)25)12-24-7-3-6-22-24/h1-7,11,13,17-18,25H,8-9,12H2,(H,21,23)/t13?,17-,18-/m1/s1. The first-order chi connectivity index (χ1) is 12.2. The van der Waals surface area contributed by atoms with Gasteiger partial charge in [0, 0.05) is 30.5 Å². The number of nitrogens with one attached hydrogen (secondary N) is 1. The van der Waals surface area contributed by atoms with Gasteiger partial charge in [0.05, 0.1) is 28.9 Å². The Morgan fingerprint density at radius 2 is 2.16 bits per heavy atom. The normalized spacial score (nSPS) is 22.8. The van der Waals surface area contributed by atoms with Gasteiger partial charge in [-0.1, -0.05) is 18.2 Å². The Morgan fingerprint density at radius 3 is 2.96 bits per heavy atom. The SMILES string of the molecule is N#Cc1cnc2ccccc2c1N[C@@H]1CC(Cn2cccn2)C[C@H]1O. The van der Waals surface area contributed by atoms with E-state index in [4.69, 9.17) is 0 Å². The molecule has 2 aromatic heterocycles. The summed E-state index contributed by atoms with van der Waals surface area (Å²) in [7, 11) is 0. The monoisotopic (exact) mass is 333 g/mol. The number of aliphatic hydroxyl groups excluding tert-OH is 1. The van der Waals surface area contributed by atoms with Gasteiger partial charge in [-0.15, -0.1) is 0 Å². The van der Waals surface area contributed by atoms with Crippen molar-refractivity contribution in [3.63, 3.8) is 0 Å². The number of benzene rings is 1. The third-order valence-electron chi connectivity index (χ3n) is 4.86. The summed E-state index contributed by atoms with van der Waals surface area (Å²) in [4.78, 5) is 4.33. The number of pyridine rings is 1. The number of aliphatic hydroxyl groups is 1. The van der Waals surface area contributed by atoms with Crippen molar-refractivity contribution >= 4 is 16.6 Å². The van der Waals surface area contributed by atoms with Crippen LogP contribution in [0.15, 0.2) is 48.9 Å². The minimum absolute atomic E-state index is 0.0848. The Hall–Kier alpha value is -2.91. The van der Waals surface area contributed by atoms with Crippen LogP contribution in [0.5, 0.6) is 0 Å². The Labute approximate surface area is 145 Å². The van der Waals surface area contributed by atoms with E-state index in [1.54, 1.807) is 12.4 Å². The smallest absolute Gasteiger partial charge is 0.103 e. The number of nitriles is 1. The molecule has 1 aromatic carbocycles. The van der Waals surface area contributed by atoms with Crippen LogP contribution in [-0.4, -0.2) is 32.0 Å². The maximum Gasteiger partial charge on any atom is 0.103 e. The fraction of sp³-hybridized carbons (Fsp3) is 0.316. The van der Waals surface area contributed by atoms with Gasteiger partial charge < -0.3 is 10.4 Å². The molecule has 2 heterocycles. The van der Waals surface area contributed by atoms with Crippen molar-refractivity contribution < 1.29 is 5.11 Å². The maximum atomic E-state index is 10.5. The largest absolute Gasteiger partial charge is 0.391 e.